The summed E-state index contributed by atoms with van der Waals surface area (Å²) in [5.74, 6) is 0.704. The number of aliphatic hydroxyl groups excluding tert-OH is 3. The van der Waals surface area contributed by atoms with Crippen molar-refractivity contribution >= 4 is 0 Å². The van der Waals surface area contributed by atoms with Gasteiger partial charge in [-0.3, -0.25) is 0 Å². The van der Waals surface area contributed by atoms with Gasteiger partial charge in [-0.2, -0.15) is 0 Å². The fraction of sp³-hybridized carbons (Fsp3) is 1.00. The molecule has 0 heterocycles. The van der Waals surface area contributed by atoms with Crippen LogP contribution in [0.5, 0.6) is 0 Å². The molecule has 4 atom stereocenters. The van der Waals surface area contributed by atoms with E-state index in [9.17, 15) is 5.11 Å². The average Bonchev–Trinajstić information content (AvgIpc) is 2.36. The van der Waals surface area contributed by atoms with E-state index >= 15 is 0 Å². The lowest BCUT2D eigenvalue weighted by Gasteiger charge is -2.22. The maximum Gasteiger partial charge on any atom is 0.0595 e. The van der Waals surface area contributed by atoms with Gasteiger partial charge in [-0.1, -0.05) is 33.6 Å². The van der Waals surface area contributed by atoms with Crippen LogP contribution in [0.4, 0.5) is 0 Å². The lowest BCUT2D eigenvalue weighted by atomic mass is 9.89. The van der Waals surface area contributed by atoms with E-state index in [-0.39, 0.29) is 37.1 Å². The van der Waals surface area contributed by atoms with Crippen LogP contribution in [0.2, 0.25) is 0 Å². The van der Waals surface area contributed by atoms with Crippen molar-refractivity contribution in [2.75, 3.05) is 13.2 Å². The van der Waals surface area contributed by atoms with E-state index in [1.54, 1.807) is 20.8 Å². The van der Waals surface area contributed by atoms with Gasteiger partial charge in [-0.05, 0) is 44.9 Å². The lowest BCUT2D eigenvalue weighted by molar-refractivity contribution is 0.0392. The summed E-state index contributed by atoms with van der Waals surface area (Å²) in [6.07, 6.45) is 2.24. The average molecular weight is 292 g/mol. The van der Waals surface area contributed by atoms with Gasteiger partial charge in [0.1, 0.15) is 0 Å². The van der Waals surface area contributed by atoms with Crippen LogP contribution in [0.3, 0.4) is 0 Å². The maximum absolute atomic E-state index is 9.34. The number of rotatable bonds is 8. The molecule has 4 nitrogen and oxygen atoms in total. The van der Waals surface area contributed by atoms with Crippen molar-refractivity contribution in [3.05, 3.63) is 0 Å². The van der Waals surface area contributed by atoms with Crippen molar-refractivity contribution in [3.63, 3.8) is 0 Å². The van der Waals surface area contributed by atoms with Gasteiger partial charge >= 0.3 is 0 Å². The fourth-order valence-corrected chi connectivity index (χ4v) is 2.11. The Morgan fingerprint density at radius 2 is 1.45 bits per heavy atom. The molecule has 0 aromatic rings. The topological polar surface area (TPSA) is 80.9 Å². The Kier molecular flexibility index (Phi) is 12.7. The highest BCUT2D eigenvalue weighted by Crippen LogP contribution is 2.18. The molecule has 20 heavy (non-hydrogen) atoms. The summed E-state index contributed by atoms with van der Waals surface area (Å²) in [6, 6.07) is 0. The molecule has 0 aliphatic heterocycles. The van der Waals surface area contributed by atoms with Crippen LogP contribution in [0.15, 0.2) is 0 Å². The molecule has 0 spiro atoms. The largest absolute Gasteiger partial charge is 0.396 e. The van der Waals surface area contributed by atoms with Crippen molar-refractivity contribution in [1.29, 1.82) is 0 Å². The minimum Gasteiger partial charge on any atom is -0.396 e. The standard InChI is InChI=1S/2C8H18O2/c1-4-7(6-9)5-8(2,3)10;1-4-8(5-9)6(2)7(3)10/h7,9-10H,4-6H2,1-3H3;6-10H,4-5H2,1-3H3. The van der Waals surface area contributed by atoms with E-state index < -0.39 is 5.60 Å². The van der Waals surface area contributed by atoms with Crippen LogP contribution < -0.4 is 0 Å². The van der Waals surface area contributed by atoms with E-state index in [1.807, 2.05) is 20.8 Å². The Morgan fingerprint density at radius 3 is 1.55 bits per heavy atom. The summed E-state index contributed by atoms with van der Waals surface area (Å²) in [5.41, 5.74) is -0.636. The second kappa shape index (κ2) is 11.5. The summed E-state index contributed by atoms with van der Waals surface area (Å²) in [6.45, 7) is 11.7. The van der Waals surface area contributed by atoms with Crippen LogP contribution in [-0.2, 0) is 0 Å². The second-order valence-corrected chi connectivity index (χ2v) is 6.42. The first kappa shape index (κ1) is 22.1. The summed E-state index contributed by atoms with van der Waals surface area (Å²) in [5, 5.41) is 36.1. The van der Waals surface area contributed by atoms with Crippen LogP contribution in [0.25, 0.3) is 0 Å². The van der Waals surface area contributed by atoms with Crippen molar-refractivity contribution in [2.45, 2.75) is 72.5 Å². The van der Waals surface area contributed by atoms with Gasteiger partial charge in [-0.15, -0.1) is 0 Å². The summed E-state index contributed by atoms with van der Waals surface area (Å²) in [4.78, 5) is 0. The highest BCUT2D eigenvalue weighted by atomic mass is 16.3. The molecular formula is C16H36O4. The van der Waals surface area contributed by atoms with Crippen molar-refractivity contribution in [3.8, 4) is 0 Å². The molecule has 124 valence electrons. The van der Waals surface area contributed by atoms with Gasteiger partial charge in [0.05, 0.1) is 11.7 Å². The molecule has 4 N–H and O–H groups in total. The van der Waals surface area contributed by atoms with Gasteiger partial charge in [0.15, 0.2) is 0 Å². The van der Waals surface area contributed by atoms with E-state index in [0.29, 0.717) is 6.42 Å². The molecule has 0 saturated heterocycles. The molecule has 0 rings (SSSR count). The van der Waals surface area contributed by atoms with Crippen molar-refractivity contribution < 1.29 is 20.4 Å². The third kappa shape index (κ3) is 11.6. The SMILES string of the molecule is CCC(CO)C(C)C(C)O.CCC(CO)CC(C)(C)O. The van der Waals surface area contributed by atoms with Crippen LogP contribution in [0.1, 0.15) is 60.8 Å². The highest BCUT2D eigenvalue weighted by Gasteiger charge is 2.18. The molecule has 0 aromatic heterocycles. The number of aliphatic hydroxyl groups is 4. The zero-order valence-corrected chi connectivity index (χ0v) is 14.1. The van der Waals surface area contributed by atoms with Crippen LogP contribution in [-0.4, -0.2) is 45.3 Å². The third-order valence-corrected chi connectivity index (χ3v) is 3.89. The summed E-state index contributed by atoms with van der Waals surface area (Å²) in [7, 11) is 0. The van der Waals surface area contributed by atoms with Crippen molar-refractivity contribution in [1.82, 2.24) is 0 Å². The Morgan fingerprint density at radius 1 is 0.950 bits per heavy atom. The van der Waals surface area contributed by atoms with Gasteiger partial charge in [-0.25, -0.2) is 0 Å². The van der Waals surface area contributed by atoms with Gasteiger partial charge in [0.2, 0.25) is 0 Å². The zero-order chi connectivity index (χ0) is 16.3. The second-order valence-electron chi connectivity index (χ2n) is 6.42. The Bertz CT molecular complexity index is 203. The quantitative estimate of drug-likeness (QED) is 0.553. The molecule has 0 aliphatic rings. The fourth-order valence-electron chi connectivity index (χ4n) is 2.11. The molecule has 0 bridgehead atoms. The normalized spacial score (nSPS) is 17.7. The van der Waals surface area contributed by atoms with Gasteiger partial charge in [0.25, 0.3) is 0 Å². The Labute approximate surface area is 124 Å². The molecule has 4 unspecified atom stereocenters. The van der Waals surface area contributed by atoms with Gasteiger partial charge in [0, 0.05) is 13.2 Å². The number of hydrogen-bond donors (Lipinski definition) is 4. The van der Waals surface area contributed by atoms with Crippen molar-refractivity contribution in [2.24, 2.45) is 17.8 Å². The lowest BCUT2D eigenvalue weighted by Crippen LogP contribution is -2.24. The molecule has 0 saturated carbocycles. The summed E-state index contributed by atoms with van der Waals surface area (Å²) >= 11 is 0. The molecule has 0 fully saturated rings. The van der Waals surface area contributed by atoms with E-state index in [2.05, 4.69) is 0 Å². The Hall–Kier alpha value is -0.160. The Balaban J connectivity index is 0. The van der Waals surface area contributed by atoms with E-state index in [0.717, 1.165) is 12.8 Å². The molecular weight excluding hydrogens is 256 g/mol. The first-order valence-corrected chi connectivity index (χ1v) is 7.74. The monoisotopic (exact) mass is 292 g/mol. The predicted octanol–water partition coefficient (Wildman–Crippen LogP) is 2.19. The molecule has 0 amide bonds. The first-order chi connectivity index (χ1) is 9.12. The van der Waals surface area contributed by atoms with E-state index in [4.69, 9.17) is 15.3 Å². The molecule has 0 radical (unpaired) electrons. The zero-order valence-electron chi connectivity index (χ0n) is 14.1. The third-order valence-electron chi connectivity index (χ3n) is 3.89. The van der Waals surface area contributed by atoms with E-state index in [1.165, 1.54) is 0 Å². The smallest absolute Gasteiger partial charge is 0.0595 e. The maximum atomic E-state index is 9.34. The molecule has 4 heteroatoms. The predicted molar refractivity (Wildman–Crippen MR) is 83.5 cm³/mol. The molecule has 0 aromatic carbocycles. The summed E-state index contributed by atoms with van der Waals surface area (Å²) < 4.78 is 0. The minimum atomic E-state index is -0.636. The van der Waals surface area contributed by atoms with Gasteiger partial charge < -0.3 is 20.4 Å². The highest BCUT2D eigenvalue weighted by molar-refractivity contribution is 4.70. The first-order valence-electron chi connectivity index (χ1n) is 7.74. The number of hydrogen-bond acceptors (Lipinski definition) is 4. The molecule has 0 aliphatic carbocycles. The van der Waals surface area contributed by atoms with Crippen LogP contribution in [0, 0.1) is 17.8 Å². The van der Waals surface area contributed by atoms with Crippen LogP contribution >= 0.6 is 0 Å². The minimum absolute atomic E-state index is 0.181.